The maximum atomic E-state index is 12.0. The van der Waals surface area contributed by atoms with Crippen LogP contribution in [0.4, 0.5) is 13.2 Å². The fourth-order valence-electron chi connectivity index (χ4n) is 1.35. The first-order valence-electron chi connectivity index (χ1n) is 4.83. The molecule has 0 saturated heterocycles. The summed E-state index contributed by atoms with van der Waals surface area (Å²) in [4.78, 5) is 4.04. The van der Waals surface area contributed by atoms with E-state index in [4.69, 9.17) is 11.6 Å². The molecule has 0 spiro atoms. The smallest absolute Gasteiger partial charge is 0.404 e. The number of hydrogen-bond donors (Lipinski definition) is 0. The van der Waals surface area contributed by atoms with E-state index in [1.807, 2.05) is 0 Å². The molecule has 2 rings (SSSR count). The number of pyridine rings is 1. The van der Waals surface area contributed by atoms with Crippen molar-refractivity contribution in [2.45, 2.75) is 6.36 Å². The topological polar surface area (TPSA) is 22.1 Å². The number of benzene rings is 1. The van der Waals surface area contributed by atoms with Crippen LogP contribution in [0.25, 0.3) is 11.3 Å². The summed E-state index contributed by atoms with van der Waals surface area (Å²) >= 11 is 5.72. The molecule has 93 valence electrons. The van der Waals surface area contributed by atoms with Gasteiger partial charge in [-0.3, -0.25) is 4.98 Å². The largest absolute Gasteiger partial charge is 0.573 e. The van der Waals surface area contributed by atoms with Gasteiger partial charge < -0.3 is 4.74 Å². The average molecular weight is 273 g/mol. The fourth-order valence-corrected chi connectivity index (χ4v) is 1.57. The number of hydrogen-bond acceptors (Lipinski definition) is 2. The van der Waals surface area contributed by atoms with Gasteiger partial charge in [-0.25, -0.2) is 0 Å². The van der Waals surface area contributed by atoms with Gasteiger partial charge in [0.2, 0.25) is 0 Å². The zero-order chi connectivity index (χ0) is 13.2. The van der Waals surface area contributed by atoms with Gasteiger partial charge in [0.05, 0.1) is 10.7 Å². The van der Waals surface area contributed by atoms with E-state index in [1.165, 1.54) is 18.3 Å². The number of halogens is 4. The van der Waals surface area contributed by atoms with E-state index in [0.29, 0.717) is 11.3 Å². The Morgan fingerprint density at radius 1 is 1.28 bits per heavy atom. The number of aromatic nitrogens is 1. The second-order valence-electron chi connectivity index (χ2n) is 3.33. The lowest BCUT2D eigenvalue weighted by Crippen LogP contribution is -2.17. The lowest BCUT2D eigenvalue weighted by molar-refractivity contribution is -0.274. The zero-order valence-electron chi connectivity index (χ0n) is 8.83. The SMILES string of the molecule is FC(F)(F)Oc1ccc(-c2c[c]ccn2)cc1Cl. The first-order valence-corrected chi connectivity index (χ1v) is 5.21. The minimum atomic E-state index is -4.76. The standard InChI is InChI=1S/C12H6ClF3NO/c13-9-7-8(10-3-1-2-6-17-10)4-5-11(9)18-12(14,15)16/h2-7H. The van der Waals surface area contributed by atoms with Crippen molar-refractivity contribution in [2.24, 2.45) is 0 Å². The maximum absolute atomic E-state index is 12.0. The molecule has 0 aliphatic carbocycles. The van der Waals surface area contributed by atoms with Crippen LogP contribution in [0.5, 0.6) is 5.75 Å². The molecule has 1 heterocycles. The second-order valence-corrected chi connectivity index (χ2v) is 3.74. The van der Waals surface area contributed by atoms with Crippen molar-refractivity contribution in [3.8, 4) is 17.0 Å². The van der Waals surface area contributed by atoms with E-state index in [1.54, 1.807) is 12.1 Å². The highest BCUT2D eigenvalue weighted by molar-refractivity contribution is 6.32. The van der Waals surface area contributed by atoms with Gasteiger partial charge in [0.1, 0.15) is 5.75 Å². The van der Waals surface area contributed by atoms with E-state index in [2.05, 4.69) is 15.8 Å². The Hall–Kier alpha value is -1.75. The van der Waals surface area contributed by atoms with E-state index < -0.39 is 12.1 Å². The second kappa shape index (κ2) is 4.86. The van der Waals surface area contributed by atoms with Gasteiger partial charge in [0, 0.05) is 11.8 Å². The first kappa shape index (κ1) is 12.7. The van der Waals surface area contributed by atoms with E-state index in [9.17, 15) is 13.2 Å². The summed E-state index contributed by atoms with van der Waals surface area (Å²) in [5, 5.41) is -0.129. The third-order valence-electron chi connectivity index (χ3n) is 2.06. The lowest BCUT2D eigenvalue weighted by Gasteiger charge is -2.11. The van der Waals surface area contributed by atoms with Gasteiger partial charge in [0.25, 0.3) is 0 Å². The molecular formula is C12H6ClF3NO. The molecule has 18 heavy (non-hydrogen) atoms. The predicted octanol–water partition coefficient (Wildman–Crippen LogP) is 4.10. The van der Waals surface area contributed by atoms with Crippen molar-refractivity contribution in [3.63, 3.8) is 0 Å². The quantitative estimate of drug-likeness (QED) is 0.821. The van der Waals surface area contributed by atoms with Crippen molar-refractivity contribution < 1.29 is 17.9 Å². The Kier molecular flexibility index (Phi) is 3.43. The Morgan fingerprint density at radius 2 is 2.06 bits per heavy atom. The molecule has 0 aliphatic heterocycles. The Bertz CT molecular complexity index is 543. The van der Waals surface area contributed by atoms with Crippen LogP contribution in [0.3, 0.4) is 0 Å². The molecule has 0 aliphatic rings. The molecule has 2 nitrogen and oxygen atoms in total. The van der Waals surface area contributed by atoms with Crippen molar-refractivity contribution in [3.05, 3.63) is 47.6 Å². The summed E-state index contributed by atoms with van der Waals surface area (Å²) in [7, 11) is 0. The summed E-state index contributed by atoms with van der Waals surface area (Å²) in [6.45, 7) is 0. The van der Waals surface area contributed by atoms with Crippen LogP contribution in [-0.4, -0.2) is 11.3 Å². The van der Waals surface area contributed by atoms with Crippen molar-refractivity contribution in [2.75, 3.05) is 0 Å². The highest BCUT2D eigenvalue weighted by Gasteiger charge is 2.32. The van der Waals surface area contributed by atoms with Crippen LogP contribution in [0.15, 0.2) is 36.5 Å². The van der Waals surface area contributed by atoms with Gasteiger partial charge >= 0.3 is 6.36 Å². The lowest BCUT2D eigenvalue weighted by atomic mass is 10.1. The van der Waals surface area contributed by atoms with Gasteiger partial charge in [-0.15, -0.1) is 13.2 Å². The molecule has 0 unspecified atom stereocenters. The average Bonchev–Trinajstić information content (AvgIpc) is 2.31. The van der Waals surface area contributed by atoms with Gasteiger partial charge in [-0.05, 0) is 36.4 Å². The summed E-state index contributed by atoms with van der Waals surface area (Å²) in [6, 6.07) is 10.00. The monoisotopic (exact) mass is 272 g/mol. The third kappa shape index (κ3) is 3.13. The molecule has 0 amide bonds. The summed E-state index contributed by atoms with van der Waals surface area (Å²) < 4.78 is 39.9. The molecule has 0 N–H and O–H groups in total. The Morgan fingerprint density at radius 3 is 2.61 bits per heavy atom. The summed E-state index contributed by atoms with van der Waals surface area (Å²) in [5.41, 5.74) is 1.16. The minimum Gasteiger partial charge on any atom is -0.404 e. The molecule has 2 aromatic rings. The molecule has 0 bridgehead atoms. The van der Waals surface area contributed by atoms with Crippen LogP contribution >= 0.6 is 11.6 Å². The number of ether oxygens (including phenoxy) is 1. The highest BCUT2D eigenvalue weighted by Crippen LogP contribution is 2.33. The van der Waals surface area contributed by atoms with Gasteiger partial charge in [-0.2, -0.15) is 0 Å². The van der Waals surface area contributed by atoms with Crippen molar-refractivity contribution >= 4 is 11.6 Å². The van der Waals surface area contributed by atoms with E-state index in [0.717, 1.165) is 6.07 Å². The van der Waals surface area contributed by atoms with E-state index in [-0.39, 0.29) is 5.02 Å². The Balaban J connectivity index is 2.31. The van der Waals surface area contributed by atoms with Crippen LogP contribution in [-0.2, 0) is 0 Å². The van der Waals surface area contributed by atoms with Crippen molar-refractivity contribution in [1.82, 2.24) is 4.98 Å². The maximum Gasteiger partial charge on any atom is 0.573 e. The molecule has 0 atom stereocenters. The van der Waals surface area contributed by atoms with Gasteiger partial charge in [0.15, 0.2) is 0 Å². The normalized spacial score (nSPS) is 11.3. The van der Waals surface area contributed by atoms with Crippen LogP contribution in [0.2, 0.25) is 5.02 Å². The third-order valence-corrected chi connectivity index (χ3v) is 2.35. The van der Waals surface area contributed by atoms with Crippen LogP contribution in [0, 0.1) is 6.07 Å². The van der Waals surface area contributed by atoms with Gasteiger partial charge in [-0.1, -0.05) is 11.6 Å². The number of rotatable bonds is 2. The highest BCUT2D eigenvalue weighted by atomic mass is 35.5. The molecule has 1 radical (unpaired) electrons. The molecule has 1 aromatic heterocycles. The molecular weight excluding hydrogens is 267 g/mol. The summed E-state index contributed by atoms with van der Waals surface area (Å²) in [5.74, 6) is -0.437. The van der Waals surface area contributed by atoms with Crippen LogP contribution < -0.4 is 4.74 Å². The molecule has 1 aromatic carbocycles. The molecule has 6 heteroatoms. The predicted molar refractivity (Wildman–Crippen MR) is 60.2 cm³/mol. The van der Waals surface area contributed by atoms with Crippen LogP contribution in [0.1, 0.15) is 0 Å². The molecule has 0 saturated carbocycles. The summed E-state index contributed by atoms with van der Waals surface area (Å²) in [6.07, 6.45) is -3.23. The fraction of sp³-hybridized carbons (Fsp3) is 0.0833. The molecule has 0 fully saturated rings. The number of nitrogens with zero attached hydrogens (tertiary/aromatic N) is 1. The number of alkyl halides is 3. The first-order chi connectivity index (χ1) is 8.46. The zero-order valence-corrected chi connectivity index (χ0v) is 9.59. The minimum absolute atomic E-state index is 0.129. The van der Waals surface area contributed by atoms with Crippen molar-refractivity contribution in [1.29, 1.82) is 0 Å². The van der Waals surface area contributed by atoms with E-state index >= 15 is 0 Å². The Labute approximate surface area is 106 Å².